The van der Waals surface area contributed by atoms with Gasteiger partial charge >= 0.3 is 0 Å². The Morgan fingerprint density at radius 2 is 2.04 bits per heavy atom. The van der Waals surface area contributed by atoms with Crippen molar-refractivity contribution in [2.24, 2.45) is 5.92 Å². The fourth-order valence-corrected chi connectivity index (χ4v) is 2.90. The molecule has 1 heterocycles. The molecule has 0 N–H and O–H groups in total. The number of allylic oxidation sites excluding steroid dienone is 2. The summed E-state index contributed by atoms with van der Waals surface area (Å²) in [5.74, 6) is 1.65. The van der Waals surface area contributed by atoms with Crippen LogP contribution in [0.25, 0.3) is 11.3 Å². The van der Waals surface area contributed by atoms with Gasteiger partial charge in [-0.05, 0) is 57.6 Å². The van der Waals surface area contributed by atoms with Gasteiger partial charge in [-0.15, -0.1) is 0 Å². The van der Waals surface area contributed by atoms with Crippen LogP contribution in [-0.2, 0) is 6.54 Å². The molecule has 3 heteroatoms. The Kier molecular flexibility index (Phi) is 7.77. The summed E-state index contributed by atoms with van der Waals surface area (Å²) in [5, 5.41) is 0. The van der Waals surface area contributed by atoms with Crippen LogP contribution in [0.2, 0.25) is 0 Å². The van der Waals surface area contributed by atoms with Gasteiger partial charge in [0.1, 0.15) is 5.75 Å². The normalized spacial score (nSPS) is 12.0. The Labute approximate surface area is 152 Å². The number of hydrogen-bond donors (Lipinski definition) is 0. The largest absolute Gasteiger partial charge is 0.493 e. The lowest BCUT2D eigenvalue weighted by Crippen LogP contribution is -2.05. The van der Waals surface area contributed by atoms with Crippen molar-refractivity contribution in [2.45, 2.75) is 59.9 Å². The number of benzene rings is 1. The third-order valence-corrected chi connectivity index (χ3v) is 4.41. The Morgan fingerprint density at radius 3 is 2.80 bits per heavy atom. The molecule has 0 aliphatic rings. The van der Waals surface area contributed by atoms with Crippen LogP contribution >= 0.6 is 0 Å². The van der Waals surface area contributed by atoms with Gasteiger partial charge in [0.05, 0.1) is 24.8 Å². The van der Waals surface area contributed by atoms with E-state index in [1.165, 1.54) is 18.4 Å². The smallest absolute Gasteiger partial charge is 0.128 e. The van der Waals surface area contributed by atoms with Crippen molar-refractivity contribution in [3.05, 3.63) is 48.4 Å². The van der Waals surface area contributed by atoms with E-state index in [0.29, 0.717) is 5.92 Å². The minimum Gasteiger partial charge on any atom is -0.493 e. The van der Waals surface area contributed by atoms with Crippen molar-refractivity contribution >= 4 is 0 Å². The van der Waals surface area contributed by atoms with E-state index in [-0.39, 0.29) is 0 Å². The van der Waals surface area contributed by atoms with E-state index in [4.69, 9.17) is 4.74 Å². The van der Waals surface area contributed by atoms with Crippen LogP contribution in [0.5, 0.6) is 5.75 Å². The lowest BCUT2D eigenvalue weighted by molar-refractivity contribution is 0.318. The summed E-state index contributed by atoms with van der Waals surface area (Å²) in [7, 11) is 0. The highest BCUT2D eigenvalue weighted by Crippen LogP contribution is 2.30. The summed E-state index contributed by atoms with van der Waals surface area (Å²) in [6, 6.07) is 8.26. The van der Waals surface area contributed by atoms with E-state index in [1.807, 2.05) is 24.7 Å². The molecule has 2 aromatic rings. The van der Waals surface area contributed by atoms with Gasteiger partial charge in [-0.1, -0.05) is 37.6 Å². The minimum atomic E-state index is 0.706. The number of nitrogens with zero attached hydrogens (tertiary/aromatic N) is 2. The molecule has 2 rings (SSSR count). The van der Waals surface area contributed by atoms with Crippen LogP contribution in [0, 0.1) is 5.92 Å². The number of hydrogen-bond acceptors (Lipinski definition) is 2. The zero-order valence-corrected chi connectivity index (χ0v) is 16.2. The van der Waals surface area contributed by atoms with Gasteiger partial charge in [0.15, 0.2) is 0 Å². The number of aromatic nitrogens is 2. The first kappa shape index (κ1) is 19.3. The third kappa shape index (κ3) is 6.08. The number of imidazole rings is 1. The van der Waals surface area contributed by atoms with E-state index in [2.05, 4.69) is 55.5 Å². The molecule has 0 saturated carbocycles. The van der Waals surface area contributed by atoms with Gasteiger partial charge in [0, 0.05) is 12.1 Å². The molecule has 0 radical (unpaired) electrons. The first-order valence-electron chi connectivity index (χ1n) is 9.47. The Bertz CT molecular complexity index is 668. The van der Waals surface area contributed by atoms with E-state index in [0.717, 1.165) is 43.0 Å². The second-order valence-electron chi connectivity index (χ2n) is 7.07. The zero-order chi connectivity index (χ0) is 18.1. The summed E-state index contributed by atoms with van der Waals surface area (Å²) in [4.78, 5) is 4.38. The van der Waals surface area contributed by atoms with Gasteiger partial charge < -0.3 is 9.30 Å². The van der Waals surface area contributed by atoms with Gasteiger partial charge in [0.2, 0.25) is 0 Å². The van der Waals surface area contributed by atoms with Crippen molar-refractivity contribution < 1.29 is 4.74 Å². The van der Waals surface area contributed by atoms with E-state index < -0.39 is 0 Å². The van der Waals surface area contributed by atoms with Crippen LogP contribution in [0.1, 0.15) is 53.4 Å². The molecular weight excluding hydrogens is 308 g/mol. The Hall–Kier alpha value is -2.03. The van der Waals surface area contributed by atoms with Gasteiger partial charge in [-0.2, -0.15) is 0 Å². The van der Waals surface area contributed by atoms with Crippen molar-refractivity contribution in [3.63, 3.8) is 0 Å². The van der Waals surface area contributed by atoms with Crippen molar-refractivity contribution in [1.82, 2.24) is 9.55 Å². The summed E-state index contributed by atoms with van der Waals surface area (Å²) >= 11 is 0. The summed E-state index contributed by atoms with van der Waals surface area (Å²) in [5.41, 5.74) is 3.68. The van der Waals surface area contributed by atoms with Gasteiger partial charge in [-0.3, -0.25) is 0 Å². The fraction of sp³-hybridized carbons (Fsp3) is 0.500. The standard InChI is InChI=1S/C22H32N2O/c1-5-15-25-22-12-7-6-11-20(22)21-16-23-17-24(21)14-13-19(4)10-8-9-18(2)3/h6-7,9,11-12,16-17,19H,5,8,10,13-15H2,1-4H3. The molecule has 0 spiro atoms. The van der Waals surface area contributed by atoms with E-state index >= 15 is 0 Å². The van der Waals surface area contributed by atoms with Crippen LogP contribution in [0.15, 0.2) is 48.4 Å². The van der Waals surface area contributed by atoms with Crippen LogP contribution in [-0.4, -0.2) is 16.2 Å². The molecular formula is C22H32N2O. The molecule has 0 fully saturated rings. The predicted molar refractivity (Wildman–Crippen MR) is 106 cm³/mol. The maximum absolute atomic E-state index is 5.92. The van der Waals surface area contributed by atoms with Crippen LogP contribution < -0.4 is 4.74 Å². The number of para-hydroxylation sites is 1. The maximum atomic E-state index is 5.92. The molecule has 1 aromatic heterocycles. The highest BCUT2D eigenvalue weighted by molar-refractivity contribution is 5.67. The number of rotatable bonds is 10. The fourth-order valence-electron chi connectivity index (χ4n) is 2.90. The summed E-state index contributed by atoms with van der Waals surface area (Å²) < 4.78 is 8.17. The maximum Gasteiger partial charge on any atom is 0.128 e. The first-order valence-corrected chi connectivity index (χ1v) is 9.47. The molecule has 0 amide bonds. The minimum absolute atomic E-state index is 0.706. The molecule has 0 saturated heterocycles. The molecule has 1 aromatic carbocycles. The van der Waals surface area contributed by atoms with Crippen molar-refractivity contribution in [1.29, 1.82) is 0 Å². The molecule has 0 bridgehead atoms. The van der Waals surface area contributed by atoms with E-state index in [1.54, 1.807) is 0 Å². The molecule has 136 valence electrons. The highest BCUT2D eigenvalue weighted by atomic mass is 16.5. The van der Waals surface area contributed by atoms with E-state index in [9.17, 15) is 0 Å². The Morgan fingerprint density at radius 1 is 1.24 bits per heavy atom. The highest BCUT2D eigenvalue weighted by Gasteiger charge is 2.11. The molecule has 0 aliphatic carbocycles. The van der Waals surface area contributed by atoms with Gasteiger partial charge in [0.25, 0.3) is 0 Å². The number of aryl methyl sites for hydroxylation is 1. The predicted octanol–water partition coefficient (Wildman–Crippen LogP) is 6.11. The molecule has 1 atom stereocenters. The number of ether oxygens (including phenoxy) is 1. The molecule has 25 heavy (non-hydrogen) atoms. The lowest BCUT2D eigenvalue weighted by atomic mass is 10.0. The van der Waals surface area contributed by atoms with Crippen molar-refractivity contribution in [3.8, 4) is 17.0 Å². The Balaban J connectivity index is 2.02. The van der Waals surface area contributed by atoms with Crippen molar-refractivity contribution in [2.75, 3.05) is 6.61 Å². The molecule has 0 aliphatic heterocycles. The van der Waals surface area contributed by atoms with Gasteiger partial charge in [-0.25, -0.2) is 4.98 Å². The van der Waals surface area contributed by atoms with Crippen LogP contribution in [0.3, 0.4) is 0 Å². The third-order valence-electron chi connectivity index (χ3n) is 4.41. The molecule has 1 unspecified atom stereocenters. The average Bonchev–Trinajstić information content (AvgIpc) is 3.06. The first-order chi connectivity index (χ1) is 12.1. The lowest BCUT2D eigenvalue weighted by Gasteiger charge is -2.15. The SMILES string of the molecule is CCCOc1ccccc1-c1cncn1CCC(C)CCC=C(C)C. The summed E-state index contributed by atoms with van der Waals surface area (Å²) in [6.45, 7) is 10.5. The average molecular weight is 341 g/mol. The van der Waals surface area contributed by atoms with Crippen LogP contribution in [0.4, 0.5) is 0 Å². The topological polar surface area (TPSA) is 27.1 Å². The monoisotopic (exact) mass is 340 g/mol. The summed E-state index contributed by atoms with van der Waals surface area (Å²) in [6.07, 6.45) is 10.8. The second kappa shape index (κ2) is 10.1. The molecule has 3 nitrogen and oxygen atoms in total. The second-order valence-corrected chi connectivity index (χ2v) is 7.07. The quantitative estimate of drug-likeness (QED) is 0.488. The zero-order valence-electron chi connectivity index (χ0n) is 16.2.